The molecule has 96 valence electrons. The number of nitrogens with zero attached hydrogens (tertiary/aromatic N) is 2. The molecule has 0 saturated carbocycles. The van der Waals surface area contributed by atoms with Crippen LogP contribution in [0.1, 0.15) is 5.01 Å². The van der Waals surface area contributed by atoms with Gasteiger partial charge in [0.25, 0.3) is 10.0 Å². The zero-order valence-electron chi connectivity index (χ0n) is 9.21. The molecule has 2 rings (SSSR count). The number of hydrogen-bond acceptors (Lipinski definition) is 6. The van der Waals surface area contributed by atoms with Gasteiger partial charge in [0.15, 0.2) is 0 Å². The summed E-state index contributed by atoms with van der Waals surface area (Å²) >= 11 is 1.10. The Labute approximate surface area is 107 Å². The topological polar surface area (TPSA) is 98.0 Å². The van der Waals surface area contributed by atoms with Crippen LogP contribution < -0.4 is 10.5 Å². The molecule has 1 aromatic heterocycles. The number of aryl methyl sites for hydroxylation is 1. The minimum atomic E-state index is -3.83. The summed E-state index contributed by atoms with van der Waals surface area (Å²) in [5, 5.41) is 8.10. The molecule has 0 aliphatic carbocycles. The molecule has 9 heteroatoms. The second kappa shape index (κ2) is 4.50. The fraction of sp³-hybridized carbons (Fsp3) is 0.111. The van der Waals surface area contributed by atoms with Crippen molar-refractivity contribution in [3.05, 3.63) is 29.0 Å². The van der Waals surface area contributed by atoms with Crippen molar-refractivity contribution in [3.8, 4) is 0 Å². The first-order chi connectivity index (χ1) is 8.38. The molecule has 0 atom stereocenters. The molecule has 0 aliphatic rings. The fourth-order valence-corrected chi connectivity index (χ4v) is 3.06. The number of sulfonamides is 1. The maximum atomic E-state index is 13.0. The first kappa shape index (κ1) is 12.7. The highest BCUT2D eigenvalue weighted by Gasteiger charge is 2.17. The molecular weight excluding hydrogens is 279 g/mol. The average Bonchev–Trinajstić information content (AvgIpc) is 2.67. The summed E-state index contributed by atoms with van der Waals surface area (Å²) in [4.78, 5) is -0.130. The zero-order valence-corrected chi connectivity index (χ0v) is 10.8. The highest BCUT2D eigenvalue weighted by molar-refractivity contribution is 7.93. The van der Waals surface area contributed by atoms with Crippen LogP contribution in [0.25, 0.3) is 0 Å². The van der Waals surface area contributed by atoms with Crippen LogP contribution in [-0.2, 0) is 10.0 Å². The lowest BCUT2D eigenvalue weighted by Gasteiger charge is -2.05. The van der Waals surface area contributed by atoms with Crippen molar-refractivity contribution in [1.82, 2.24) is 10.2 Å². The normalized spacial score (nSPS) is 11.4. The van der Waals surface area contributed by atoms with E-state index in [-0.39, 0.29) is 15.7 Å². The van der Waals surface area contributed by atoms with Crippen LogP contribution in [0.15, 0.2) is 23.1 Å². The second-order valence-electron chi connectivity index (χ2n) is 3.42. The Bertz CT molecular complexity index is 684. The minimum Gasteiger partial charge on any atom is -0.396 e. The molecule has 2 aromatic rings. The molecule has 6 nitrogen and oxygen atoms in total. The summed E-state index contributed by atoms with van der Waals surface area (Å²) in [6, 6.07) is 3.17. The predicted octanol–water partition coefficient (Wildman–Crippen LogP) is 1.37. The Morgan fingerprint density at radius 1 is 1.39 bits per heavy atom. The van der Waals surface area contributed by atoms with E-state index in [1.54, 1.807) is 6.92 Å². The van der Waals surface area contributed by atoms with Crippen molar-refractivity contribution in [1.29, 1.82) is 0 Å². The average molecular weight is 288 g/mol. The number of benzene rings is 1. The van der Waals surface area contributed by atoms with Crippen molar-refractivity contribution in [2.75, 3.05) is 10.5 Å². The first-order valence-electron chi connectivity index (χ1n) is 4.76. The van der Waals surface area contributed by atoms with Crippen molar-refractivity contribution in [2.45, 2.75) is 11.8 Å². The van der Waals surface area contributed by atoms with Gasteiger partial charge in [-0.3, -0.25) is 4.72 Å². The molecule has 0 spiro atoms. The van der Waals surface area contributed by atoms with Crippen LogP contribution in [0.5, 0.6) is 0 Å². The molecule has 18 heavy (non-hydrogen) atoms. The molecule has 0 bridgehead atoms. The predicted molar refractivity (Wildman–Crippen MR) is 66.3 cm³/mol. The molecule has 0 fully saturated rings. The summed E-state index contributed by atoms with van der Waals surface area (Å²) in [7, 11) is -3.83. The largest absolute Gasteiger partial charge is 0.396 e. The number of rotatable bonds is 3. The molecule has 0 radical (unpaired) electrons. The van der Waals surface area contributed by atoms with E-state index in [0.717, 1.165) is 29.5 Å². The van der Waals surface area contributed by atoms with Crippen LogP contribution in [0.2, 0.25) is 0 Å². The van der Waals surface area contributed by atoms with E-state index < -0.39 is 15.8 Å². The summed E-state index contributed by atoms with van der Waals surface area (Å²) in [5.74, 6) is -0.666. The van der Waals surface area contributed by atoms with Gasteiger partial charge in [-0.25, -0.2) is 12.8 Å². The first-order valence-corrected chi connectivity index (χ1v) is 7.06. The van der Waals surface area contributed by atoms with Crippen molar-refractivity contribution < 1.29 is 12.8 Å². The summed E-state index contributed by atoms with van der Waals surface area (Å²) in [5.41, 5.74) is 5.09. The molecular formula is C9H9FN4O2S2. The van der Waals surface area contributed by atoms with Crippen LogP contribution in [-0.4, -0.2) is 18.6 Å². The number of anilines is 2. The fourth-order valence-electron chi connectivity index (χ4n) is 1.20. The molecule has 0 aliphatic heterocycles. The third-order valence-corrected chi connectivity index (χ3v) is 4.25. The van der Waals surface area contributed by atoms with Gasteiger partial charge in [-0.2, -0.15) is 0 Å². The van der Waals surface area contributed by atoms with Crippen LogP contribution in [0.4, 0.5) is 15.2 Å². The number of nitrogen functional groups attached to an aromatic ring is 1. The zero-order chi connectivity index (χ0) is 13.3. The maximum Gasteiger partial charge on any atom is 0.263 e. The van der Waals surface area contributed by atoms with Crippen LogP contribution >= 0.6 is 11.3 Å². The van der Waals surface area contributed by atoms with Crippen LogP contribution in [0, 0.1) is 12.7 Å². The SMILES string of the molecule is Cc1nnc(NS(=O)(=O)c2ccc(F)c(N)c2)s1. The van der Waals surface area contributed by atoms with Crippen molar-refractivity contribution >= 4 is 32.2 Å². The Morgan fingerprint density at radius 2 is 2.11 bits per heavy atom. The molecule has 0 unspecified atom stereocenters. The number of hydrogen-bond donors (Lipinski definition) is 2. The third kappa shape index (κ3) is 2.57. The van der Waals surface area contributed by atoms with Gasteiger partial charge in [0.1, 0.15) is 10.8 Å². The smallest absolute Gasteiger partial charge is 0.263 e. The van der Waals surface area contributed by atoms with E-state index in [9.17, 15) is 12.8 Å². The van der Waals surface area contributed by atoms with E-state index in [4.69, 9.17) is 5.73 Å². The number of aromatic nitrogens is 2. The van der Waals surface area contributed by atoms with Gasteiger partial charge < -0.3 is 5.73 Å². The highest BCUT2D eigenvalue weighted by Crippen LogP contribution is 2.21. The van der Waals surface area contributed by atoms with Gasteiger partial charge in [0, 0.05) is 0 Å². The molecule has 0 amide bonds. The van der Waals surface area contributed by atoms with Gasteiger partial charge in [-0.05, 0) is 25.1 Å². The standard InChI is InChI=1S/C9H9FN4O2S2/c1-5-12-13-9(17-5)14-18(15,16)6-2-3-7(10)8(11)4-6/h2-4H,11H2,1H3,(H,13,14). The van der Waals surface area contributed by atoms with Gasteiger partial charge in [0.05, 0.1) is 10.6 Å². The van der Waals surface area contributed by atoms with Gasteiger partial charge in [0.2, 0.25) is 5.13 Å². The number of nitrogens with one attached hydrogen (secondary N) is 1. The number of halogens is 1. The highest BCUT2D eigenvalue weighted by atomic mass is 32.2. The Hall–Kier alpha value is -1.74. The Balaban J connectivity index is 2.33. The van der Waals surface area contributed by atoms with E-state index >= 15 is 0 Å². The number of nitrogens with two attached hydrogens (primary N) is 1. The van der Waals surface area contributed by atoms with Gasteiger partial charge in [-0.15, -0.1) is 10.2 Å². The van der Waals surface area contributed by atoms with E-state index in [1.807, 2.05) is 0 Å². The van der Waals surface area contributed by atoms with E-state index in [0.29, 0.717) is 5.01 Å². The van der Waals surface area contributed by atoms with Crippen molar-refractivity contribution in [3.63, 3.8) is 0 Å². The van der Waals surface area contributed by atoms with E-state index in [1.165, 1.54) is 0 Å². The summed E-state index contributed by atoms with van der Waals surface area (Å²) in [6.45, 7) is 1.70. The van der Waals surface area contributed by atoms with Gasteiger partial charge in [-0.1, -0.05) is 11.3 Å². The van der Waals surface area contributed by atoms with E-state index in [2.05, 4.69) is 14.9 Å². The lowest BCUT2D eigenvalue weighted by Crippen LogP contribution is -2.13. The molecule has 1 heterocycles. The minimum absolute atomic E-state index is 0.130. The lowest BCUT2D eigenvalue weighted by atomic mass is 10.3. The van der Waals surface area contributed by atoms with Crippen molar-refractivity contribution in [2.24, 2.45) is 0 Å². The Morgan fingerprint density at radius 3 is 2.67 bits per heavy atom. The second-order valence-corrected chi connectivity index (χ2v) is 6.28. The third-order valence-electron chi connectivity index (χ3n) is 2.03. The molecule has 3 N–H and O–H groups in total. The molecule has 1 aromatic carbocycles. The maximum absolute atomic E-state index is 13.0. The molecule has 0 saturated heterocycles. The summed E-state index contributed by atoms with van der Waals surface area (Å²) < 4.78 is 39.0. The monoisotopic (exact) mass is 288 g/mol. The van der Waals surface area contributed by atoms with Gasteiger partial charge >= 0.3 is 0 Å². The van der Waals surface area contributed by atoms with Crippen LogP contribution in [0.3, 0.4) is 0 Å². The summed E-state index contributed by atoms with van der Waals surface area (Å²) in [6.07, 6.45) is 0. The Kier molecular flexibility index (Phi) is 3.18. The quantitative estimate of drug-likeness (QED) is 0.831. The lowest BCUT2D eigenvalue weighted by molar-refractivity contribution is 0.600.